The number of amides is 1. The van der Waals surface area contributed by atoms with E-state index in [1.807, 2.05) is 60.5 Å². The lowest BCUT2D eigenvalue weighted by Gasteiger charge is -2.44. The fourth-order valence-corrected chi connectivity index (χ4v) is 5.59. The van der Waals surface area contributed by atoms with Crippen LogP contribution in [0.25, 0.3) is 33.2 Å². The number of methoxy groups -OCH3 is 1. The monoisotopic (exact) mass is 534 g/mol. The van der Waals surface area contributed by atoms with Crippen LogP contribution < -0.4 is 9.64 Å². The van der Waals surface area contributed by atoms with Gasteiger partial charge in [-0.3, -0.25) is 9.88 Å². The minimum atomic E-state index is -0.227. The van der Waals surface area contributed by atoms with E-state index in [4.69, 9.17) is 19.7 Å². The van der Waals surface area contributed by atoms with Gasteiger partial charge >= 0.3 is 6.09 Å². The molecule has 2 atom stereocenters. The van der Waals surface area contributed by atoms with Crippen molar-refractivity contribution in [1.82, 2.24) is 9.88 Å². The summed E-state index contributed by atoms with van der Waals surface area (Å²) in [6.07, 6.45) is 2.46. The smallest absolute Gasteiger partial charge is 0.410 e. The van der Waals surface area contributed by atoms with Gasteiger partial charge < -0.3 is 14.4 Å². The number of fused-ring (bicyclic) bond motifs is 1. The molecular weight excluding hydrogens is 500 g/mol. The molecule has 204 valence electrons. The number of hydrogen-bond acceptors (Lipinski definition) is 6. The standard InChI is InChI=1S/C33H34N4O3/c1-5-17-40-33(38)37-22(2)20-36(21-23(37)3)27-15-13-26(14-16-27)30-19-35-31-28(7-6-8-29(31)32(30)39-4)25-11-9-24(18-34)10-12-25/h6-16,19,22-23H,5,17,20-21H2,1-4H3/t22-,23+. The molecule has 1 amide bonds. The minimum absolute atomic E-state index is 0.0443. The van der Waals surface area contributed by atoms with Gasteiger partial charge in [0.1, 0.15) is 5.75 Å². The molecule has 4 aromatic rings. The van der Waals surface area contributed by atoms with Gasteiger partial charge in [-0.1, -0.05) is 43.3 Å². The summed E-state index contributed by atoms with van der Waals surface area (Å²) >= 11 is 0. The van der Waals surface area contributed by atoms with E-state index in [9.17, 15) is 4.79 Å². The van der Waals surface area contributed by atoms with Crippen LogP contribution >= 0.6 is 0 Å². The SMILES string of the molecule is CCCOC(=O)N1[C@H](C)CN(c2ccc(-c3cnc4c(-c5ccc(C#N)cc5)cccc4c3OC)cc2)C[C@@H]1C. The summed E-state index contributed by atoms with van der Waals surface area (Å²) < 4.78 is 11.3. The molecule has 1 saturated heterocycles. The van der Waals surface area contributed by atoms with Crippen LogP contribution in [0.3, 0.4) is 0 Å². The van der Waals surface area contributed by atoms with Crippen molar-refractivity contribution >= 4 is 22.7 Å². The Kier molecular flexibility index (Phi) is 7.88. The summed E-state index contributed by atoms with van der Waals surface area (Å²) in [6.45, 7) is 8.07. The van der Waals surface area contributed by atoms with Crippen molar-refractivity contribution in [3.8, 4) is 34.1 Å². The fraction of sp³-hybridized carbons (Fsp3) is 0.303. The molecule has 1 aliphatic rings. The molecule has 7 nitrogen and oxygen atoms in total. The highest BCUT2D eigenvalue weighted by Gasteiger charge is 2.34. The largest absolute Gasteiger partial charge is 0.495 e. The highest BCUT2D eigenvalue weighted by molar-refractivity contribution is 6.00. The van der Waals surface area contributed by atoms with E-state index in [-0.39, 0.29) is 18.2 Å². The number of carbonyl (C=O) groups is 1. The number of carbonyl (C=O) groups excluding carboxylic acids is 1. The van der Waals surface area contributed by atoms with Crippen LogP contribution in [0.5, 0.6) is 5.75 Å². The number of aromatic nitrogens is 1. The molecule has 0 bridgehead atoms. The molecule has 0 aliphatic carbocycles. The number of anilines is 1. The summed E-state index contributed by atoms with van der Waals surface area (Å²) in [5.74, 6) is 0.773. The lowest BCUT2D eigenvalue weighted by Crippen LogP contribution is -2.58. The molecule has 3 aromatic carbocycles. The van der Waals surface area contributed by atoms with Gasteiger partial charge in [0, 0.05) is 41.5 Å². The molecule has 7 heteroatoms. The Labute approximate surface area is 235 Å². The van der Waals surface area contributed by atoms with Gasteiger partial charge in [0.15, 0.2) is 0 Å². The first-order valence-corrected chi connectivity index (χ1v) is 13.7. The lowest BCUT2D eigenvalue weighted by atomic mass is 9.98. The number of piperazine rings is 1. The van der Waals surface area contributed by atoms with Gasteiger partial charge in [-0.2, -0.15) is 5.26 Å². The van der Waals surface area contributed by atoms with E-state index in [1.165, 1.54) is 0 Å². The third-order valence-electron chi connectivity index (χ3n) is 7.48. The minimum Gasteiger partial charge on any atom is -0.495 e. The summed E-state index contributed by atoms with van der Waals surface area (Å²) in [6, 6.07) is 24.3. The number of pyridine rings is 1. The highest BCUT2D eigenvalue weighted by Crippen LogP contribution is 2.39. The van der Waals surface area contributed by atoms with Crippen molar-refractivity contribution in [3.05, 3.63) is 78.5 Å². The summed E-state index contributed by atoms with van der Waals surface area (Å²) in [5, 5.41) is 10.1. The second kappa shape index (κ2) is 11.7. The van der Waals surface area contributed by atoms with E-state index < -0.39 is 0 Å². The van der Waals surface area contributed by atoms with E-state index in [0.29, 0.717) is 12.2 Å². The van der Waals surface area contributed by atoms with Crippen molar-refractivity contribution in [3.63, 3.8) is 0 Å². The van der Waals surface area contributed by atoms with Crippen molar-refractivity contribution in [2.24, 2.45) is 0 Å². The fourth-order valence-electron chi connectivity index (χ4n) is 5.59. The summed E-state index contributed by atoms with van der Waals surface area (Å²) in [7, 11) is 1.69. The van der Waals surface area contributed by atoms with E-state index >= 15 is 0 Å². The number of nitriles is 1. The van der Waals surface area contributed by atoms with Crippen LogP contribution in [-0.4, -0.2) is 54.9 Å². The van der Waals surface area contributed by atoms with Crippen LogP contribution in [0, 0.1) is 11.3 Å². The van der Waals surface area contributed by atoms with Gasteiger partial charge in [0.05, 0.1) is 42.9 Å². The van der Waals surface area contributed by atoms with Crippen molar-refractivity contribution < 1.29 is 14.3 Å². The average Bonchev–Trinajstić information content (AvgIpc) is 2.98. The Hall–Kier alpha value is -4.57. The number of hydrogen-bond donors (Lipinski definition) is 0. The zero-order valence-electron chi connectivity index (χ0n) is 23.4. The second-order valence-electron chi connectivity index (χ2n) is 10.3. The van der Waals surface area contributed by atoms with Crippen molar-refractivity contribution in [1.29, 1.82) is 5.26 Å². The van der Waals surface area contributed by atoms with Crippen LogP contribution in [0.1, 0.15) is 32.8 Å². The maximum Gasteiger partial charge on any atom is 0.410 e. The second-order valence-corrected chi connectivity index (χ2v) is 10.3. The molecule has 2 heterocycles. The van der Waals surface area contributed by atoms with Crippen LogP contribution in [0.2, 0.25) is 0 Å². The molecule has 0 saturated carbocycles. The van der Waals surface area contributed by atoms with Gasteiger partial charge in [0.2, 0.25) is 0 Å². The predicted octanol–water partition coefficient (Wildman–Crippen LogP) is 6.89. The Morgan fingerprint density at radius 3 is 2.25 bits per heavy atom. The summed E-state index contributed by atoms with van der Waals surface area (Å²) in [4.78, 5) is 21.6. The lowest BCUT2D eigenvalue weighted by molar-refractivity contribution is 0.0663. The molecule has 0 unspecified atom stereocenters. The zero-order chi connectivity index (χ0) is 28.2. The number of para-hydroxylation sites is 1. The zero-order valence-corrected chi connectivity index (χ0v) is 23.4. The average molecular weight is 535 g/mol. The van der Waals surface area contributed by atoms with E-state index in [2.05, 4.69) is 49.1 Å². The van der Waals surface area contributed by atoms with Gasteiger partial charge in [0.25, 0.3) is 0 Å². The van der Waals surface area contributed by atoms with Crippen molar-refractivity contribution in [2.45, 2.75) is 39.3 Å². The Balaban J connectivity index is 1.41. The van der Waals surface area contributed by atoms with Crippen LogP contribution in [0.15, 0.2) is 72.9 Å². The molecule has 0 spiro atoms. The third kappa shape index (κ3) is 5.17. The molecule has 1 aliphatic heterocycles. The number of rotatable bonds is 6. The molecular formula is C33H34N4O3. The maximum absolute atomic E-state index is 12.6. The number of ether oxygens (including phenoxy) is 2. The van der Waals surface area contributed by atoms with Crippen LogP contribution in [-0.2, 0) is 4.74 Å². The maximum atomic E-state index is 12.6. The van der Waals surface area contributed by atoms with Crippen LogP contribution in [0.4, 0.5) is 10.5 Å². The molecule has 1 fully saturated rings. The predicted molar refractivity (Wildman–Crippen MR) is 158 cm³/mol. The van der Waals surface area contributed by atoms with Gasteiger partial charge in [-0.15, -0.1) is 0 Å². The molecule has 0 N–H and O–H groups in total. The third-order valence-corrected chi connectivity index (χ3v) is 7.48. The Morgan fingerprint density at radius 2 is 1.62 bits per heavy atom. The number of nitrogens with zero attached hydrogens (tertiary/aromatic N) is 4. The highest BCUT2D eigenvalue weighted by atomic mass is 16.6. The first kappa shape index (κ1) is 27.0. The van der Waals surface area contributed by atoms with Crippen molar-refractivity contribution in [2.75, 3.05) is 31.7 Å². The molecule has 40 heavy (non-hydrogen) atoms. The van der Waals surface area contributed by atoms with Gasteiger partial charge in [-0.25, -0.2) is 4.79 Å². The quantitative estimate of drug-likeness (QED) is 0.268. The first-order valence-electron chi connectivity index (χ1n) is 13.7. The Bertz CT molecular complexity index is 1530. The molecule has 0 radical (unpaired) electrons. The number of benzene rings is 3. The van der Waals surface area contributed by atoms with Gasteiger partial charge in [-0.05, 0) is 61.7 Å². The molecule has 5 rings (SSSR count). The summed E-state index contributed by atoms with van der Waals surface area (Å²) in [5.41, 5.74) is 6.51. The Morgan fingerprint density at radius 1 is 0.975 bits per heavy atom. The van der Waals surface area contributed by atoms with E-state index in [0.717, 1.165) is 64.1 Å². The van der Waals surface area contributed by atoms with E-state index in [1.54, 1.807) is 7.11 Å². The molecule has 1 aromatic heterocycles. The first-order chi connectivity index (χ1) is 19.4. The normalized spacial score (nSPS) is 17.0. The topological polar surface area (TPSA) is 78.7 Å².